The number of nitrogens with zero attached hydrogens (tertiary/aromatic N) is 5. The summed E-state index contributed by atoms with van der Waals surface area (Å²) in [5.41, 5.74) is 0.767. The van der Waals surface area contributed by atoms with E-state index in [-0.39, 0.29) is 16.8 Å². The van der Waals surface area contributed by atoms with E-state index >= 15 is 0 Å². The molecule has 1 aromatic carbocycles. The molecule has 21 heavy (non-hydrogen) atoms. The van der Waals surface area contributed by atoms with Crippen LogP contribution in [0.25, 0.3) is 22.5 Å². The molecular weight excluding hydrogens is 272 g/mol. The topological polar surface area (TPSA) is 101 Å². The number of pyridine rings is 1. The van der Waals surface area contributed by atoms with Gasteiger partial charge < -0.3 is 5.11 Å². The number of phenolic OH excluding ortho intramolecular Hbond substituents is 1. The summed E-state index contributed by atoms with van der Waals surface area (Å²) in [5, 5.41) is 20.6. The Hall–Kier alpha value is -3.29. The van der Waals surface area contributed by atoms with Crippen LogP contribution in [0.2, 0.25) is 0 Å². The molecule has 0 radical (unpaired) electrons. The van der Waals surface area contributed by atoms with E-state index in [9.17, 15) is 9.90 Å². The summed E-state index contributed by atoms with van der Waals surface area (Å²) in [4.78, 5) is 16.5. The Labute approximate surface area is 116 Å². The maximum atomic E-state index is 12.5. The number of H-pyrrole nitrogens is 1. The summed E-state index contributed by atoms with van der Waals surface area (Å²) >= 11 is 0. The van der Waals surface area contributed by atoms with Gasteiger partial charge in [0.2, 0.25) is 5.52 Å². The van der Waals surface area contributed by atoms with E-state index in [1.807, 2.05) is 0 Å². The van der Waals surface area contributed by atoms with Gasteiger partial charge in [0.15, 0.2) is 11.8 Å². The van der Waals surface area contributed by atoms with Gasteiger partial charge in [-0.25, -0.2) is 5.10 Å². The normalized spacial score (nSPS) is 11.2. The first-order valence-corrected chi connectivity index (χ1v) is 6.17. The van der Waals surface area contributed by atoms with E-state index in [0.717, 1.165) is 0 Å². The van der Waals surface area contributed by atoms with Gasteiger partial charge in [-0.15, -0.1) is 4.52 Å². The van der Waals surface area contributed by atoms with Crippen LogP contribution >= 0.6 is 0 Å². The average Bonchev–Trinajstić information content (AvgIpc) is 2.97. The third-order valence-electron chi connectivity index (χ3n) is 3.23. The molecule has 3 aromatic heterocycles. The van der Waals surface area contributed by atoms with Crippen molar-refractivity contribution in [1.82, 2.24) is 24.8 Å². The van der Waals surface area contributed by atoms with Gasteiger partial charge in [0, 0.05) is 6.20 Å². The minimum atomic E-state index is -0.370. The minimum absolute atomic E-state index is 0.0159. The highest BCUT2D eigenvalue weighted by Gasteiger charge is 2.17. The summed E-state index contributed by atoms with van der Waals surface area (Å²) in [6, 6.07) is 8.31. The van der Waals surface area contributed by atoms with Crippen LogP contribution < -0.4 is 10.1 Å². The van der Waals surface area contributed by atoms with Gasteiger partial charge in [0.05, 0.1) is 10.8 Å². The van der Waals surface area contributed by atoms with Crippen LogP contribution in [0.1, 0.15) is 0 Å². The number of hydrogen-bond acceptors (Lipinski definition) is 5. The molecule has 0 saturated heterocycles. The number of benzene rings is 1. The lowest BCUT2D eigenvalue weighted by Gasteiger charge is -2.07. The van der Waals surface area contributed by atoms with E-state index in [1.54, 1.807) is 35.0 Å². The van der Waals surface area contributed by atoms with E-state index in [1.165, 1.54) is 17.0 Å². The summed E-state index contributed by atoms with van der Waals surface area (Å²) in [7, 11) is 0. The number of phenols is 1. The first kappa shape index (κ1) is 11.5. The van der Waals surface area contributed by atoms with E-state index < -0.39 is 0 Å². The van der Waals surface area contributed by atoms with E-state index in [4.69, 9.17) is 0 Å². The van der Waals surface area contributed by atoms with Crippen molar-refractivity contribution in [2.75, 3.05) is 0 Å². The molecule has 0 aliphatic rings. The first-order valence-electron chi connectivity index (χ1n) is 6.17. The van der Waals surface area contributed by atoms with Gasteiger partial charge in [-0.2, -0.15) is 0 Å². The molecule has 4 rings (SSSR count). The molecule has 2 N–H and O–H groups in total. The molecular formula is C13H9N6O2+. The Kier molecular flexibility index (Phi) is 2.25. The lowest BCUT2D eigenvalue weighted by atomic mass is 10.2. The Morgan fingerprint density at radius 1 is 1.19 bits per heavy atom. The van der Waals surface area contributed by atoms with Crippen molar-refractivity contribution in [2.45, 2.75) is 0 Å². The molecule has 102 valence electrons. The maximum Gasteiger partial charge on any atom is 0.479 e. The zero-order valence-corrected chi connectivity index (χ0v) is 10.6. The van der Waals surface area contributed by atoms with Crippen LogP contribution in [0.5, 0.6) is 5.75 Å². The fourth-order valence-electron chi connectivity index (χ4n) is 2.25. The minimum Gasteiger partial charge on any atom is -0.506 e. The molecule has 0 atom stereocenters. The van der Waals surface area contributed by atoms with Crippen molar-refractivity contribution in [2.24, 2.45) is 0 Å². The summed E-state index contributed by atoms with van der Waals surface area (Å²) in [6.45, 7) is 0. The molecule has 8 nitrogen and oxygen atoms in total. The predicted octanol–water partition coefficient (Wildman–Crippen LogP) is -0.0519. The van der Waals surface area contributed by atoms with Crippen molar-refractivity contribution in [1.29, 1.82) is 0 Å². The van der Waals surface area contributed by atoms with Gasteiger partial charge in [-0.1, -0.05) is 22.2 Å². The van der Waals surface area contributed by atoms with Gasteiger partial charge in [0.1, 0.15) is 5.75 Å². The lowest BCUT2D eigenvalue weighted by molar-refractivity contribution is -0.552. The van der Waals surface area contributed by atoms with Crippen molar-refractivity contribution in [3.05, 3.63) is 53.2 Å². The number of aromatic amines is 1. The standard InChI is InChI=1S/C13H8N6O2/c20-10-4-2-1-3-8(10)18-6-5-9-11(12(18)21)16-17-13-14-7-15-19(9)13/h1-7,20H/p+1. The molecule has 0 amide bonds. The number of rotatable bonds is 1. The number of nitrogens with one attached hydrogen (secondary N) is 1. The fraction of sp³-hybridized carbons (Fsp3) is 0. The van der Waals surface area contributed by atoms with Crippen molar-refractivity contribution >= 4 is 16.8 Å². The highest BCUT2D eigenvalue weighted by atomic mass is 16.3. The number of fused-ring (bicyclic) bond motifs is 3. The van der Waals surface area contributed by atoms with Crippen LogP contribution in [0.15, 0.2) is 47.7 Å². The lowest BCUT2D eigenvalue weighted by Crippen LogP contribution is -2.30. The van der Waals surface area contributed by atoms with E-state index in [2.05, 4.69) is 20.3 Å². The van der Waals surface area contributed by atoms with Crippen LogP contribution in [-0.4, -0.2) is 30.0 Å². The molecule has 0 bridgehead atoms. The molecule has 0 aliphatic heterocycles. The Morgan fingerprint density at radius 3 is 2.90 bits per heavy atom. The first-order chi connectivity index (χ1) is 10.3. The molecule has 0 fully saturated rings. The average molecular weight is 281 g/mol. The Morgan fingerprint density at radius 2 is 2.05 bits per heavy atom. The number of aromatic hydroxyl groups is 1. The summed E-state index contributed by atoms with van der Waals surface area (Å²) < 4.78 is 2.90. The van der Waals surface area contributed by atoms with Crippen LogP contribution in [-0.2, 0) is 0 Å². The van der Waals surface area contributed by atoms with Gasteiger partial charge in [-0.05, 0) is 18.2 Å². The summed E-state index contributed by atoms with van der Waals surface area (Å²) in [5.74, 6) is 0.393. The monoisotopic (exact) mass is 281 g/mol. The molecule has 0 unspecified atom stereocenters. The highest BCUT2D eigenvalue weighted by molar-refractivity contribution is 5.70. The molecule has 4 aromatic rings. The fourth-order valence-corrected chi connectivity index (χ4v) is 2.25. The highest BCUT2D eigenvalue weighted by Crippen LogP contribution is 2.19. The van der Waals surface area contributed by atoms with Crippen molar-refractivity contribution in [3.63, 3.8) is 0 Å². The van der Waals surface area contributed by atoms with Crippen molar-refractivity contribution < 1.29 is 9.62 Å². The third kappa shape index (κ3) is 1.59. The smallest absolute Gasteiger partial charge is 0.479 e. The third-order valence-corrected chi connectivity index (χ3v) is 3.23. The second-order valence-corrected chi connectivity index (χ2v) is 4.44. The van der Waals surface area contributed by atoms with E-state index in [0.29, 0.717) is 17.0 Å². The van der Waals surface area contributed by atoms with Gasteiger partial charge >= 0.3 is 5.78 Å². The Balaban J connectivity index is 2.10. The maximum absolute atomic E-state index is 12.5. The van der Waals surface area contributed by atoms with Crippen LogP contribution in [0.3, 0.4) is 0 Å². The molecule has 0 spiro atoms. The quantitative estimate of drug-likeness (QED) is 0.476. The second kappa shape index (κ2) is 4.10. The molecule has 0 saturated carbocycles. The number of para-hydroxylation sites is 2. The summed E-state index contributed by atoms with van der Waals surface area (Å²) in [6.07, 6.45) is 3.05. The molecule has 0 aliphatic carbocycles. The molecule has 3 heterocycles. The van der Waals surface area contributed by atoms with Crippen LogP contribution in [0, 0.1) is 0 Å². The second-order valence-electron chi connectivity index (χ2n) is 4.44. The zero-order valence-electron chi connectivity index (χ0n) is 10.6. The number of hydrogen-bond donors (Lipinski definition) is 2. The Bertz CT molecular complexity index is 1040. The van der Waals surface area contributed by atoms with Gasteiger partial charge in [0.25, 0.3) is 5.56 Å². The number of aromatic nitrogens is 6. The SMILES string of the molecule is O=c1c2nnc3nc[nH][n+]3c2ccn1-c1ccccc1O. The van der Waals surface area contributed by atoms with Crippen LogP contribution in [0.4, 0.5) is 0 Å². The van der Waals surface area contributed by atoms with Crippen molar-refractivity contribution in [3.8, 4) is 11.4 Å². The predicted molar refractivity (Wildman–Crippen MR) is 72.1 cm³/mol. The molecule has 8 heteroatoms. The zero-order chi connectivity index (χ0) is 14.4. The largest absolute Gasteiger partial charge is 0.506 e. The van der Waals surface area contributed by atoms with Gasteiger partial charge in [-0.3, -0.25) is 9.36 Å².